The number of alkyl halides is 3. The molecule has 3 aliphatic heterocycles. The molecular formula is C26H38F3N5O2. The fourth-order valence-corrected chi connectivity index (χ4v) is 6.07. The molecule has 2 N–H and O–H groups in total. The Morgan fingerprint density at radius 1 is 1.28 bits per heavy atom. The molecule has 200 valence electrons. The number of imidazole rings is 1. The predicted octanol–water partition coefficient (Wildman–Crippen LogP) is 5.23. The maximum atomic E-state index is 13.4. The summed E-state index contributed by atoms with van der Waals surface area (Å²) in [6.07, 6.45) is 2.96. The van der Waals surface area contributed by atoms with Gasteiger partial charge in [-0.05, 0) is 71.6 Å². The summed E-state index contributed by atoms with van der Waals surface area (Å²) < 4.78 is 47.9. The van der Waals surface area contributed by atoms with Crippen molar-refractivity contribution in [3.63, 3.8) is 0 Å². The standard InChI is InChI=1S/C26H38F3N5O2/c1-16(6-8-25(9-10-25)26(27,28)29)20-15-34-23(31-20)32-21(18-7-12-36-24(2,3)14-18)19(33-34)13-17-5-4-11-30-22(17)35/h15-19,33H,4-14H2,1-3H3,(H,30,35). The minimum atomic E-state index is -4.13. The van der Waals surface area contributed by atoms with Gasteiger partial charge in [0.25, 0.3) is 0 Å². The van der Waals surface area contributed by atoms with E-state index in [9.17, 15) is 18.0 Å². The van der Waals surface area contributed by atoms with E-state index in [1.807, 2.05) is 17.8 Å². The molecule has 4 unspecified atom stereocenters. The van der Waals surface area contributed by atoms with Gasteiger partial charge in [0.05, 0.1) is 28.9 Å². The van der Waals surface area contributed by atoms with E-state index in [1.165, 1.54) is 0 Å². The van der Waals surface area contributed by atoms with Gasteiger partial charge in [-0.2, -0.15) is 13.2 Å². The van der Waals surface area contributed by atoms with Crippen LogP contribution in [0.4, 0.5) is 19.1 Å². The van der Waals surface area contributed by atoms with Crippen LogP contribution >= 0.6 is 0 Å². The Morgan fingerprint density at radius 2 is 2.06 bits per heavy atom. The lowest BCUT2D eigenvalue weighted by molar-refractivity contribution is -0.189. The highest BCUT2D eigenvalue weighted by Crippen LogP contribution is 2.61. The van der Waals surface area contributed by atoms with Crippen LogP contribution in [0.3, 0.4) is 0 Å². The van der Waals surface area contributed by atoms with Crippen LogP contribution in [0, 0.1) is 17.3 Å². The van der Waals surface area contributed by atoms with Gasteiger partial charge in [-0.1, -0.05) is 6.92 Å². The fourth-order valence-electron chi connectivity index (χ4n) is 6.07. The number of nitrogens with one attached hydrogen (secondary N) is 2. The van der Waals surface area contributed by atoms with Crippen molar-refractivity contribution in [3.05, 3.63) is 11.9 Å². The highest BCUT2D eigenvalue weighted by atomic mass is 19.4. The number of carbonyl (C=O) groups is 1. The molecule has 1 amide bonds. The first-order chi connectivity index (χ1) is 17.0. The quantitative estimate of drug-likeness (QED) is 0.528. The first kappa shape index (κ1) is 25.5. The van der Waals surface area contributed by atoms with Crippen LogP contribution in [0.25, 0.3) is 0 Å². The number of aliphatic imine (C=N–C) groups is 1. The second kappa shape index (κ2) is 9.33. The molecule has 10 heteroatoms. The lowest BCUT2D eigenvalue weighted by Gasteiger charge is -2.40. The summed E-state index contributed by atoms with van der Waals surface area (Å²) in [5.74, 6) is 0.671. The summed E-state index contributed by atoms with van der Waals surface area (Å²) in [6, 6.07) is -0.109. The van der Waals surface area contributed by atoms with Crippen LogP contribution in [0.2, 0.25) is 0 Å². The van der Waals surface area contributed by atoms with Gasteiger partial charge in [0, 0.05) is 36.6 Å². The van der Waals surface area contributed by atoms with Crippen molar-refractivity contribution < 1.29 is 22.7 Å². The molecule has 2 saturated heterocycles. The molecule has 1 aromatic rings. The lowest BCUT2D eigenvalue weighted by Crippen LogP contribution is -2.48. The predicted molar refractivity (Wildman–Crippen MR) is 131 cm³/mol. The van der Waals surface area contributed by atoms with Crippen LogP contribution in [-0.2, 0) is 9.53 Å². The molecule has 7 nitrogen and oxygen atoms in total. The highest BCUT2D eigenvalue weighted by Gasteiger charge is 2.62. The highest BCUT2D eigenvalue weighted by molar-refractivity contribution is 5.96. The average Bonchev–Trinajstić information content (AvgIpc) is 3.50. The molecule has 4 heterocycles. The molecule has 0 bridgehead atoms. The molecule has 1 saturated carbocycles. The third-order valence-corrected chi connectivity index (χ3v) is 8.64. The molecule has 4 atom stereocenters. The summed E-state index contributed by atoms with van der Waals surface area (Å²) in [6.45, 7) is 7.51. The molecule has 1 aromatic heterocycles. The Kier molecular flexibility index (Phi) is 6.62. The number of carbonyl (C=O) groups excluding carboxylic acids is 1. The lowest BCUT2D eigenvalue weighted by atomic mass is 9.80. The van der Waals surface area contributed by atoms with E-state index in [-0.39, 0.29) is 54.6 Å². The summed E-state index contributed by atoms with van der Waals surface area (Å²) in [7, 11) is 0. The van der Waals surface area contributed by atoms with Crippen LogP contribution in [0.1, 0.15) is 90.2 Å². The number of aromatic nitrogens is 2. The number of hydrogen-bond acceptors (Lipinski definition) is 5. The SMILES string of the molecule is CC(CCC1(C(F)(F)F)CC1)c1cn2c(n1)N=C(C1CCOC(C)(C)C1)C(CC1CCCNC1=O)N2. The number of fused-ring (bicyclic) bond motifs is 1. The third kappa shape index (κ3) is 5.15. The zero-order chi connectivity index (χ0) is 25.7. The van der Waals surface area contributed by atoms with E-state index in [0.717, 1.165) is 43.6 Å². The number of nitrogens with zero attached hydrogens (tertiary/aromatic N) is 3. The third-order valence-electron chi connectivity index (χ3n) is 8.64. The van der Waals surface area contributed by atoms with Crippen LogP contribution in [0.5, 0.6) is 0 Å². The van der Waals surface area contributed by atoms with E-state index in [1.54, 1.807) is 0 Å². The minimum Gasteiger partial charge on any atom is -0.376 e. The Hall–Kier alpha value is -2.10. The molecule has 5 rings (SSSR count). The normalized spacial score (nSPS) is 30.0. The van der Waals surface area contributed by atoms with Gasteiger partial charge in [-0.3, -0.25) is 4.79 Å². The smallest absolute Gasteiger partial charge is 0.376 e. The second-order valence-corrected chi connectivity index (χ2v) is 11.9. The molecule has 3 fully saturated rings. The number of halogens is 3. The average molecular weight is 510 g/mol. The van der Waals surface area contributed by atoms with Gasteiger partial charge in [0.1, 0.15) is 0 Å². The van der Waals surface area contributed by atoms with Crippen molar-refractivity contribution in [2.45, 2.75) is 102 Å². The molecule has 36 heavy (non-hydrogen) atoms. The monoisotopic (exact) mass is 509 g/mol. The second-order valence-electron chi connectivity index (χ2n) is 11.9. The van der Waals surface area contributed by atoms with Gasteiger partial charge in [-0.25, -0.2) is 14.7 Å². The van der Waals surface area contributed by atoms with E-state index in [4.69, 9.17) is 14.7 Å². The summed E-state index contributed by atoms with van der Waals surface area (Å²) in [5.41, 5.74) is 3.57. The summed E-state index contributed by atoms with van der Waals surface area (Å²) >= 11 is 0. The van der Waals surface area contributed by atoms with Gasteiger partial charge in [0.15, 0.2) is 0 Å². The number of ether oxygens (including phenoxy) is 1. The molecule has 0 spiro atoms. The summed E-state index contributed by atoms with van der Waals surface area (Å²) in [4.78, 5) is 22.3. The maximum Gasteiger partial charge on any atom is 0.394 e. The van der Waals surface area contributed by atoms with Crippen molar-refractivity contribution in [2.75, 3.05) is 18.6 Å². The van der Waals surface area contributed by atoms with Crippen LogP contribution in [0.15, 0.2) is 11.2 Å². The Bertz CT molecular complexity index is 1010. The van der Waals surface area contributed by atoms with Crippen LogP contribution in [-0.4, -0.2) is 52.2 Å². The molecule has 0 aromatic carbocycles. The van der Waals surface area contributed by atoms with Gasteiger partial charge in [-0.15, -0.1) is 0 Å². The molecule has 4 aliphatic rings. The molecule has 0 radical (unpaired) electrons. The number of amides is 1. The Morgan fingerprint density at radius 3 is 2.72 bits per heavy atom. The summed E-state index contributed by atoms with van der Waals surface area (Å²) in [5, 5.41) is 2.98. The van der Waals surface area contributed by atoms with Gasteiger partial charge < -0.3 is 15.5 Å². The maximum absolute atomic E-state index is 13.4. The van der Waals surface area contributed by atoms with Crippen molar-refractivity contribution in [2.24, 2.45) is 22.2 Å². The van der Waals surface area contributed by atoms with Crippen molar-refractivity contribution in [1.29, 1.82) is 0 Å². The number of hydrogen-bond donors (Lipinski definition) is 2. The molecular weight excluding hydrogens is 471 g/mol. The van der Waals surface area contributed by atoms with E-state index in [2.05, 4.69) is 24.6 Å². The minimum absolute atomic E-state index is 0.0742. The van der Waals surface area contributed by atoms with E-state index < -0.39 is 11.6 Å². The Balaban J connectivity index is 1.35. The Labute approximate surface area is 210 Å². The van der Waals surface area contributed by atoms with Crippen molar-refractivity contribution in [1.82, 2.24) is 15.0 Å². The zero-order valence-corrected chi connectivity index (χ0v) is 21.5. The first-order valence-electron chi connectivity index (χ1n) is 13.4. The molecule has 1 aliphatic carbocycles. The topological polar surface area (TPSA) is 80.5 Å². The number of piperidine rings is 1. The van der Waals surface area contributed by atoms with E-state index in [0.29, 0.717) is 25.4 Å². The van der Waals surface area contributed by atoms with Gasteiger partial charge >= 0.3 is 6.18 Å². The van der Waals surface area contributed by atoms with Crippen molar-refractivity contribution >= 4 is 17.6 Å². The first-order valence-corrected chi connectivity index (χ1v) is 13.4. The van der Waals surface area contributed by atoms with Crippen molar-refractivity contribution in [3.8, 4) is 0 Å². The largest absolute Gasteiger partial charge is 0.394 e. The fraction of sp³-hybridized carbons (Fsp3) is 0.808. The van der Waals surface area contributed by atoms with Gasteiger partial charge in [0.2, 0.25) is 11.9 Å². The van der Waals surface area contributed by atoms with Crippen LogP contribution < -0.4 is 10.7 Å². The van der Waals surface area contributed by atoms with E-state index >= 15 is 0 Å². The zero-order valence-electron chi connectivity index (χ0n) is 21.5. The number of rotatable bonds is 7.